The molecule has 0 spiro atoms. The summed E-state index contributed by atoms with van der Waals surface area (Å²) >= 11 is 0. The largest absolute Gasteiger partial charge is 0.472 e. The second kappa shape index (κ2) is 6.56. The van der Waals surface area contributed by atoms with Gasteiger partial charge in [-0.05, 0) is 24.1 Å². The Morgan fingerprint density at radius 2 is 2.27 bits per heavy atom. The Balaban J connectivity index is 1.53. The van der Waals surface area contributed by atoms with Crippen LogP contribution in [-0.4, -0.2) is 40.0 Å². The summed E-state index contributed by atoms with van der Waals surface area (Å²) < 4.78 is 5.84. The highest BCUT2D eigenvalue weighted by atomic mass is 16.5. The molecule has 3 rings (SSSR count). The fourth-order valence-electron chi connectivity index (χ4n) is 2.53. The van der Waals surface area contributed by atoms with Gasteiger partial charge in [0, 0.05) is 37.6 Å². The van der Waals surface area contributed by atoms with Gasteiger partial charge in [0.15, 0.2) is 0 Å². The Hall–Kier alpha value is -2.43. The minimum absolute atomic E-state index is 0.0213. The predicted octanol–water partition coefficient (Wildman–Crippen LogP) is 2.01. The molecule has 0 aromatic carbocycles. The number of hydrogen-bond donors (Lipinski definition) is 0. The zero-order valence-corrected chi connectivity index (χ0v) is 12.6. The molecule has 2 aromatic heterocycles. The third-order valence-electron chi connectivity index (χ3n) is 3.75. The first-order chi connectivity index (χ1) is 10.7. The van der Waals surface area contributed by atoms with E-state index in [1.807, 2.05) is 36.1 Å². The van der Waals surface area contributed by atoms with Crippen molar-refractivity contribution in [1.29, 1.82) is 0 Å². The average Bonchev–Trinajstić information content (AvgIpc) is 2.99. The van der Waals surface area contributed by atoms with Gasteiger partial charge in [0.2, 0.25) is 11.8 Å². The molecule has 0 radical (unpaired) electrons. The van der Waals surface area contributed by atoms with Crippen LogP contribution in [0, 0.1) is 6.92 Å². The summed E-state index contributed by atoms with van der Waals surface area (Å²) in [7, 11) is 0. The SMILES string of the molecule is Cc1ccc(OC2CCN(C(=O)Cc3cccnc3)C2)nc1. The maximum Gasteiger partial charge on any atom is 0.227 e. The van der Waals surface area contributed by atoms with Gasteiger partial charge in [-0.25, -0.2) is 4.98 Å². The van der Waals surface area contributed by atoms with E-state index in [4.69, 9.17) is 4.74 Å². The van der Waals surface area contributed by atoms with E-state index >= 15 is 0 Å². The lowest BCUT2D eigenvalue weighted by molar-refractivity contribution is -0.129. The van der Waals surface area contributed by atoms with Crippen molar-refractivity contribution in [3.8, 4) is 5.88 Å². The van der Waals surface area contributed by atoms with Gasteiger partial charge < -0.3 is 9.64 Å². The predicted molar refractivity (Wildman–Crippen MR) is 82.5 cm³/mol. The highest BCUT2D eigenvalue weighted by molar-refractivity contribution is 5.79. The molecule has 0 bridgehead atoms. The van der Waals surface area contributed by atoms with Crippen molar-refractivity contribution in [3.63, 3.8) is 0 Å². The first-order valence-electron chi connectivity index (χ1n) is 7.47. The van der Waals surface area contributed by atoms with Crippen LogP contribution in [0.15, 0.2) is 42.9 Å². The molecule has 1 aliphatic heterocycles. The van der Waals surface area contributed by atoms with Crippen molar-refractivity contribution < 1.29 is 9.53 Å². The molecule has 0 N–H and O–H groups in total. The lowest BCUT2D eigenvalue weighted by Gasteiger charge is -2.17. The monoisotopic (exact) mass is 297 g/mol. The molecule has 0 aliphatic carbocycles. The Kier molecular flexibility index (Phi) is 4.32. The van der Waals surface area contributed by atoms with Crippen LogP contribution in [0.3, 0.4) is 0 Å². The van der Waals surface area contributed by atoms with Gasteiger partial charge in [-0.2, -0.15) is 0 Å². The van der Waals surface area contributed by atoms with E-state index in [0.29, 0.717) is 18.8 Å². The highest BCUT2D eigenvalue weighted by Gasteiger charge is 2.27. The van der Waals surface area contributed by atoms with Gasteiger partial charge in [0.25, 0.3) is 0 Å². The van der Waals surface area contributed by atoms with Crippen molar-refractivity contribution in [3.05, 3.63) is 54.0 Å². The molecule has 5 heteroatoms. The van der Waals surface area contributed by atoms with Crippen molar-refractivity contribution in [2.75, 3.05) is 13.1 Å². The molecule has 1 unspecified atom stereocenters. The zero-order chi connectivity index (χ0) is 15.4. The van der Waals surface area contributed by atoms with Crippen molar-refractivity contribution in [1.82, 2.24) is 14.9 Å². The summed E-state index contributed by atoms with van der Waals surface area (Å²) in [4.78, 5) is 22.4. The second-order valence-corrected chi connectivity index (χ2v) is 5.58. The van der Waals surface area contributed by atoms with Crippen LogP contribution in [0.5, 0.6) is 5.88 Å². The molecule has 3 heterocycles. The molecule has 5 nitrogen and oxygen atoms in total. The van der Waals surface area contributed by atoms with Gasteiger partial charge in [-0.15, -0.1) is 0 Å². The normalized spacial score (nSPS) is 17.5. The Morgan fingerprint density at radius 1 is 1.36 bits per heavy atom. The first-order valence-corrected chi connectivity index (χ1v) is 7.47. The average molecular weight is 297 g/mol. The lowest BCUT2D eigenvalue weighted by atomic mass is 10.2. The first kappa shape index (κ1) is 14.5. The van der Waals surface area contributed by atoms with E-state index in [-0.39, 0.29) is 12.0 Å². The molecular formula is C17H19N3O2. The van der Waals surface area contributed by atoms with E-state index < -0.39 is 0 Å². The molecule has 114 valence electrons. The van der Waals surface area contributed by atoms with Crippen molar-refractivity contribution in [2.45, 2.75) is 25.9 Å². The number of rotatable bonds is 4. The molecule has 1 atom stereocenters. The fourth-order valence-corrected chi connectivity index (χ4v) is 2.53. The van der Waals surface area contributed by atoms with Crippen LogP contribution in [0.4, 0.5) is 0 Å². The maximum absolute atomic E-state index is 12.3. The van der Waals surface area contributed by atoms with Crippen LogP contribution in [-0.2, 0) is 11.2 Å². The molecule has 1 amide bonds. The number of amides is 1. The van der Waals surface area contributed by atoms with Crippen molar-refractivity contribution >= 4 is 5.91 Å². The van der Waals surface area contributed by atoms with Gasteiger partial charge in [-0.3, -0.25) is 9.78 Å². The zero-order valence-electron chi connectivity index (χ0n) is 12.6. The number of carbonyl (C=O) groups is 1. The third kappa shape index (κ3) is 3.61. The van der Waals surface area contributed by atoms with Crippen molar-refractivity contribution in [2.24, 2.45) is 0 Å². The van der Waals surface area contributed by atoms with Crippen LogP contribution in [0.1, 0.15) is 17.5 Å². The summed E-state index contributed by atoms with van der Waals surface area (Å²) in [6, 6.07) is 7.62. The van der Waals surface area contributed by atoms with Crippen LogP contribution < -0.4 is 4.74 Å². The van der Waals surface area contributed by atoms with E-state index in [1.54, 1.807) is 18.6 Å². The Morgan fingerprint density at radius 3 is 3.00 bits per heavy atom. The van der Waals surface area contributed by atoms with Crippen LogP contribution >= 0.6 is 0 Å². The topological polar surface area (TPSA) is 55.3 Å². The van der Waals surface area contributed by atoms with Gasteiger partial charge in [0.05, 0.1) is 13.0 Å². The number of ether oxygens (including phenoxy) is 1. The molecule has 1 aliphatic rings. The number of hydrogen-bond acceptors (Lipinski definition) is 4. The van der Waals surface area contributed by atoms with Crippen LogP contribution in [0.25, 0.3) is 0 Å². The summed E-state index contributed by atoms with van der Waals surface area (Å²) in [6.07, 6.45) is 6.49. The number of aromatic nitrogens is 2. The smallest absolute Gasteiger partial charge is 0.227 e. The number of nitrogens with zero attached hydrogens (tertiary/aromatic N) is 3. The molecule has 0 saturated carbocycles. The van der Waals surface area contributed by atoms with E-state index in [0.717, 1.165) is 24.1 Å². The Labute approximate surface area is 130 Å². The number of carbonyl (C=O) groups excluding carboxylic acids is 1. The lowest BCUT2D eigenvalue weighted by Crippen LogP contribution is -2.32. The summed E-state index contributed by atoms with van der Waals surface area (Å²) in [6.45, 7) is 3.34. The highest BCUT2D eigenvalue weighted by Crippen LogP contribution is 2.17. The number of likely N-dealkylation sites (tertiary alicyclic amines) is 1. The van der Waals surface area contributed by atoms with Gasteiger partial charge in [-0.1, -0.05) is 12.1 Å². The van der Waals surface area contributed by atoms with Crippen LogP contribution in [0.2, 0.25) is 0 Å². The summed E-state index contributed by atoms with van der Waals surface area (Å²) in [5, 5.41) is 0. The number of aryl methyl sites for hydroxylation is 1. The third-order valence-corrected chi connectivity index (χ3v) is 3.75. The maximum atomic E-state index is 12.3. The quantitative estimate of drug-likeness (QED) is 0.866. The summed E-state index contributed by atoms with van der Waals surface area (Å²) in [5.74, 6) is 0.744. The summed E-state index contributed by atoms with van der Waals surface area (Å²) in [5.41, 5.74) is 2.05. The van der Waals surface area contributed by atoms with E-state index in [1.165, 1.54) is 0 Å². The molecule has 1 saturated heterocycles. The Bertz CT molecular complexity index is 628. The van der Waals surface area contributed by atoms with E-state index in [9.17, 15) is 4.79 Å². The second-order valence-electron chi connectivity index (χ2n) is 5.58. The minimum atomic E-state index is 0.0213. The van der Waals surface area contributed by atoms with Gasteiger partial charge in [0.1, 0.15) is 6.10 Å². The fraction of sp³-hybridized carbons (Fsp3) is 0.353. The van der Waals surface area contributed by atoms with E-state index in [2.05, 4.69) is 9.97 Å². The minimum Gasteiger partial charge on any atom is -0.472 e. The van der Waals surface area contributed by atoms with Gasteiger partial charge >= 0.3 is 0 Å². The molecule has 2 aromatic rings. The number of pyridine rings is 2. The molecule has 22 heavy (non-hydrogen) atoms. The standard InChI is InChI=1S/C17H19N3O2/c1-13-4-5-16(19-10-13)22-15-6-8-20(12-15)17(21)9-14-3-2-7-18-11-14/h2-5,7,10-11,15H,6,8-9,12H2,1H3. The molecular weight excluding hydrogens is 278 g/mol. The molecule has 1 fully saturated rings.